The lowest BCUT2D eigenvalue weighted by atomic mass is 10.3. The molecule has 0 fully saturated rings. The number of nitrogens with one attached hydrogen (secondary N) is 2. The van der Waals surface area contributed by atoms with Crippen molar-refractivity contribution in [1.29, 1.82) is 0 Å². The van der Waals surface area contributed by atoms with Crippen LogP contribution in [0.4, 0.5) is 0 Å². The molecule has 1 aromatic rings. The minimum absolute atomic E-state index is 0. The standard InChI is InChI=1S/C12H17ClN2O2.ClH/c1-9(12(16)15-8-7-14-2)17-11-6-4-3-5-10(11)13;/h3-6,9,14H,7-8H2,1-2H3,(H,15,16);1H. The molecule has 0 aromatic heterocycles. The fourth-order valence-electron chi connectivity index (χ4n) is 1.24. The minimum Gasteiger partial charge on any atom is -0.479 e. The van der Waals surface area contributed by atoms with Crippen molar-refractivity contribution in [2.75, 3.05) is 20.1 Å². The summed E-state index contributed by atoms with van der Waals surface area (Å²) in [5.41, 5.74) is 0. The van der Waals surface area contributed by atoms with E-state index in [-0.39, 0.29) is 18.3 Å². The number of rotatable bonds is 6. The summed E-state index contributed by atoms with van der Waals surface area (Å²) in [5, 5.41) is 6.20. The smallest absolute Gasteiger partial charge is 0.260 e. The molecule has 1 aromatic carbocycles. The van der Waals surface area contributed by atoms with E-state index in [0.717, 1.165) is 6.54 Å². The van der Waals surface area contributed by atoms with Crippen LogP contribution in [0.15, 0.2) is 24.3 Å². The van der Waals surface area contributed by atoms with Crippen molar-refractivity contribution in [3.8, 4) is 5.75 Å². The first-order valence-electron chi connectivity index (χ1n) is 5.48. The third-order valence-electron chi connectivity index (χ3n) is 2.18. The molecule has 1 amide bonds. The number of benzene rings is 1. The van der Waals surface area contributed by atoms with Gasteiger partial charge in [0.2, 0.25) is 0 Å². The fourth-order valence-corrected chi connectivity index (χ4v) is 1.42. The number of hydrogen-bond donors (Lipinski definition) is 2. The zero-order chi connectivity index (χ0) is 12.7. The Morgan fingerprint density at radius 2 is 2.06 bits per heavy atom. The van der Waals surface area contributed by atoms with E-state index >= 15 is 0 Å². The summed E-state index contributed by atoms with van der Waals surface area (Å²) < 4.78 is 5.47. The minimum atomic E-state index is -0.563. The SMILES string of the molecule is CNCCNC(=O)C(C)Oc1ccccc1Cl.Cl. The van der Waals surface area contributed by atoms with Gasteiger partial charge in [-0.25, -0.2) is 0 Å². The molecule has 0 aliphatic carbocycles. The molecule has 0 bridgehead atoms. The second-order valence-electron chi connectivity index (χ2n) is 3.59. The fraction of sp³-hybridized carbons (Fsp3) is 0.417. The number of ether oxygens (including phenoxy) is 1. The molecule has 102 valence electrons. The van der Waals surface area contributed by atoms with E-state index in [2.05, 4.69) is 10.6 Å². The molecule has 0 saturated heterocycles. The van der Waals surface area contributed by atoms with Crippen LogP contribution in [-0.4, -0.2) is 32.1 Å². The van der Waals surface area contributed by atoms with Crippen molar-refractivity contribution < 1.29 is 9.53 Å². The van der Waals surface area contributed by atoms with E-state index in [1.54, 1.807) is 19.1 Å². The van der Waals surface area contributed by atoms with Crippen molar-refractivity contribution in [3.63, 3.8) is 0 Å². The van der Waals surface area contributed by atoms with E-state index in [0.29, 0.717) is 17.3 Å². The average Bonchev–Trinajstić information content (AvgIpc) is 2.32. The van der Waals surface area contributed by atoms with Gasteiger partial charge < -0.3 is 15.4 Å². The molecular formula is C12H18Cl2N2O2. The maximum absolute atomic E-state index is 11.6. The van der Waals surface area contributed by atoms with Crippen molar-refractivity contribution in [2.24, 2.45) is 0 Å². The summed E-state index contributed by atoms with van der Waals surface area (Å²) >= 11 is 5.93. The van der Waals surface area contributed by atoms with Crippen molar-refractivity contribution in [3.05, 3.63) is 29.3 Å². The Morgan fingerprint density at radius 3 is 2.67 bits per heavy atom. The first-order chi connectivity index (χ1) is 8.15. The highest BCUT2D eigenvalue weighted by Gasteiger charge is 2.14. The van der Waals surface area contributed by atoms with Gasteiger partial charge >= 0.3 is 0 Å². The predicted molar refractivity (Wildman–Crippen MR) is 75.7 cm³/mol. The van der Waals surface area contributed by atoms with Crippen LogP contribution in [0, 0.1) is 0 Å². The molecule has 6 heteroatoms. The second-order valence-corrected chi connectivity index (χ2v) is 3.99. The molecule has 0 aliphatic heterocycles. The molecule has 18 heavy (non-hydrogen) atoms. The zero-order valence-corrected chi connectivity index (χ0v) is 12.0. The first kappa shape index (κ1) is 17.0. The van der Waals surface area contributed by atoms with Gasteiger partial charge in [0.05, 0.1) is 5.02 Å². The molecule has 2 N–H and O–H groups in total. The number of hydrogen-bond acceptors (Lipinski definition) is 3. The summed E-state index contributed by atoms with van der Waals surface area (Å²) in [7, 11) is 1.83. The lowest BCUT2D eigenvalue weighted by molar-refractivity contribution is -0.127. The van der Waals surface area contributed by atoms with Crippen LogP contribution in [0.25, 0.3) is 0 Å². The highest BCUT2D eigenvalue weighted by atomic mass is 35.5. The zero-order valence-electron chi connectivity index (χ0n) is 10.4. The summed E-state index contributed by atoms with van der Waals surface area (Å²) in [6, 6.07) is 7.09. The molecule has 0 aliphatic rings. The van der Waals surface area contributed by atoms with Crippen LogP contribution in [0.5, 0.6) is 5.75 Å². The number of carbonyl (C=O) groups excluding carboxylic acids is 1. The van der Waals surface area contributed by atoms with Gasteiger partial charge in [-0.3, -0.25) is 4.79 Å². The molecular weight excluding hydrogens is 275 g/mol. The van der Waals surface area contributed by atoms with E-state index in [1.807, 2.05) is 19.2 Å². The van der Waals surface area contributed by atoms with E-state index in [9.17, 15) is 4.79 Å². The molecule has 0 heterocycles. The third-order valence-corrected chi connectivity index (χ3v) is 2.50. The Morgan fingerprint density at radius 1 is 1.39 bits per heavy atom. The Bertz CT molecular complexity index is 375. The van der Waals surface area contributed by atoms with Gasteiger partial charge in [0.15, 0.2) is 6.10 Å². The summed E-state index contributed by atoms with van der Waals surface area (Å²) in [6.07, 6.45) is -0.563. The third kappa shape index (κ3) is 5.58. The van der Waals surface area contributed by atoms with Gasteiger partial charge in [-0.05, 0) is 26.1 Å². The maximum Gasteiger partial charge on any atom is 0.260 e. The molecule has 1 atom stereocenters. The number of amides is 1. The van der Waals surface area contributed by atoms with Crippen LogP contribution in [0.2, 0.25) is 5.02 Å². The first-order valence-corrected chi connectivity index (χ1v) is 5.86. The number of carbonyl (C=O) groups is 1. The van der Waals surface area contributed by atoms with Crippen molar-refractivity contribution in [2.45, 2.75) is 13.0 Å². The van der Waals surface area contributed by atoms with E-state index in [4.69, 9.17) is 16.3 Å². The van der Waals surface area contributed by atoms with Crippen LogP contribution in [0.3, 0.4) is 0 Å². The second kappa shape index (κ2) is 9.03. The predicted octanol–water partition coefficient (Wildman–Crippen LogP) is 1.86. The largest absolute Gasteiger partial charge is 0.479 e. The van der Waals surface area contributed by atoms with Gasteiger partial charge in [-0.15, -0.1) is 12.4 Å². The Labute approximate surface area is 118 Å². The highest BCUT2D eigenvalue weighted by Crippen LogP contribution is 2.24. The van der Waals surface area contributed by atoms with Gasteiger partial charge in [0, 0.05) is 13.1 Å². The van der Waals surface area contributed by atoms with Crippen molar-refractivity contribution >= 4 is 29.9 Å². The quantitative estimate of drug-likeness (QED) is 0.787. The number of para-hydroxylation sites is 1. The molecule has 0 radical (unpaired) electrons. The summed E-state index contributed by atoms with van der Waals surface area (Å²) in [4.78, 5) is 11.6. The van der Waals surface area contributed by atoms with Crippen LogP contribution in [0.1, 0.15) is 6.92 Å². The summed E-state index contributed by atoms with van der Waals surface area (Å²) in [5.74, 6) is 0.366. The summed E-state index contributed by atoms with van der Waals surface area (Å²) in [6.45, 7) is 2.99. The Balaban J connectivity index is 0.00000289. The lowest BCUT2D eigenvalue weighted by Crippen LogP contribution is -2.39. The average molecular weight is 293 g/mol. The number of halogens is 2. The maximum atomic E-state index is 11.6. The topological polar surface area (TPSA) is 50.4 Å². The van der Waals surface area contributed by atoms with Crippen LogP contribution >= 0.6 is 24.0 Å². The van der Waals surface area contributed by atoms with Gasteiger partial charge in [-0.1, -0.05) is 23.7 Å². The van der Waals surface area contributed by atoms with Gasteiger partial charge in [0.25, 0.3) is 5.91 Å². The Hall–Kier alpha value is -0.970. The van der Waals surface area contributed by atoms with Crippen LogP contribution in [-0.2, 0) is 4.79 Å². The monoisotopic (exact) mass is 292 g/mol. The Kier molecular flexibility index (Phi) is 8.54. The normalized spacial score (nSPS) is 11.3. The van der Waals surface area contributed by atoms with Crippen molar-refractivity contribution in [1.82, 2.24) is 10.6 Å². The van der Waals surface area contributed by atoms with E-state index in [1.165, 1.54) is 0 Å². The molecule has 4 nitrogen and oxygen atoms in total. The molecule has 0 spiro atoms. The van der Waals surface area contributed by atoms with Gasteiger partial charge in [0.1, 0.15) is 5.75 Å². The lowest BCUT2D eigenvalue weighted by Gasteiger charge is -2.15. The van der Waals surface area contributed by atoms with Crippen LogP contribution < -0.4 is 15.4 Å². The highest BCUT2D eigenvalue weighted by molar-refractivity contribution is 6.32. The molecule has 0 saturated carbocycles. The molecule has 1 rings (SSSR count). The van der Waals surface area contributed by atoms with Gasteiger partial charge in [-0.2, -0.15) is 0 Å². The number of likely N-dealkylation sites (N-methyl/N-ethyl adjacent to an activating group) is 1. The molecule has 1 unspecified atom stereocenters. The van der Waals surface area contributed by atoms with E-state index < -0.39 is 6.10 Å².